The highest BCUT2D eigenvalue weighted by molar-refractivity contribution is 5.61. The zero-order chi connectivity index (χ0) is 17.1. The fraction of sp³-hybridized carbons (Fsp3) is 0.368. The normalized spacial score (nSPS) is 19.3. The second-order valence-electron chi connectivity index (χ2n) is 6.17. The van der Waals surface area contributed by atoms with Gasteiger partial charge in [-0.15, -0.1) is 0 Å². The van der Waals surface area contributed by atoms with Gasteiger partial charge in [0.2, 0.25) is 0 Å². The number of benzene rings is 2. The molecule has 0 bridgehead atoms. The summed E-state index contributed by atoms with van der Waals surface area (Å²) < 4.78 is 19.7. The molecule has 0 aliphatic carbocycles. The van der Waals surface area contributed by atoms with Crippen molar-refractivity contribution in [2.45, 2.75) is 25.2 Å². The minimum Gasteiger partial charge on any atom is -0.487 e. The van der Waals surface area contributed by atoms with Gasteiger partial charge in [0.15, 0.2) is 0 Å². The molecule has 1 heterocycles. The quantitative estimate of drug-likeness (QED) is 0.885. The zero-order valence-electron chi connectivity index (χ0n) is 13.9. The Morgan fingerprint density at radius 1 is 1.29 bits per heavy atom. The first-order chi connectivity index (χ1) is 11.6. The van der Waals surface area contributed by atoms with Gasteiger partial charge in [0.25, 0.3) is 0 Å². The molecule has 3 rings (SSSR count). The van der Waals surface area contributed by atoms with Gasteiger partial charge in [0.1, 0.15) is 17.7 Å². The van der Waals surface area contributed by atoms with E-state index >= 15 is 0 Å². The van der Waals surface area contributed by atoms with E-state index in [1.807, 2.05) is 37.3 Å². The fourth-order valence-corrected chi connectivity index (χ4v) is 3.31. The molecule has 1 aliphatic heterocycles. The number of anilines is 1. The summed E-state index contributed by atoms with van der Waals surface area (Å²) in [7, 11) is 1.79. The Labute approximate surface area is 141 Å². The summed E-state index contributed by atoms with van der Waals surface area (Å²) in [5.74, 6) is 0.484. The molecule has 128 valence electrons. The van der Waals surface area contributed by atoms with Gasteiger partial charge in [0, 0.05) is 6.54 Å². The molecular weight excluding hydrogens is 307 g/mol. The standard InChI is InChI=1S/C19H23FN2O2/c1-13-12-22(16-8-3-4-9-18(16)24-13)19(17(23)11-21-2)14-6-5-7-15(20)10-14/h3-10,13,17,19,21,23H,11-12H2,1-2H3/t13?,17-,19+/m1/s1. The van der Waals surface area contributed by atoms with E-state index in [-0.39, 0.29) is 18.0 Å². The van der Waals surface area contributed by atoms with Gasteiger partial charge in [-0.3, -0.25) is 0 Å². The Bertz CT molecular complexity index is 695. The van der Waals surface area contributed by atoms with E-state index in [0.29, 0.717) is 13.1 Å². The number of halogens is 1. The molecule has 1 unspecified atom stereocenters. The number of para-hydroxylation sites is 2. The van der Waals surface area contributed by atoms with Gasteiger partial charge < -0.3 is 20.1 Å². The molecule has 2 N–H and O–H groups in total. The SMILES string of the molecule is CNC[C@@H](O)[C@H](c1cccc(F)c1)N1CC(C)Oc2ccccc21. The molecule has 0 amide bonds. The number of aliphatic hydroxyl groups excluding tert-OH is 1. The van der Waals surface area contributed by atoms with Gasteiger partial charge in [-0.05, 0) is 43.8 Å². The number of nitrogens with one attached hydrogen (secondary N) is 1. The van der Waals surface area contributed by atoms with Crippen LogP contribution in [0, 0.1) is 5.82 Å². The van der Waals surface area contributed by atoms with Crippen molar-refractivity contribution < 1.29 is 14.2 Å². The minimum atomic E-state index is -0.685. The molecular formula is C19H23FN2O2. The summed E-state index contributed by atoms with van der Waals surface area (Å²) in [6, 6.07) is 13.8. The number of nitrogens with zero attached hydrogens (tertiary/aromatic N) is 1. The number of hydrogen-bond acceptors (Lipinski definition) is 4. The number of fused-ring (bicyclic) bond motifs is 1. The lowest BCUT2D eigenvalue weighted by Crippen LogP contribution is -2.47. The number of likely N-dealkylation sites (N-methyl/N-ethyl adjacent to an activating group) is 1. The Morgan fingerprint density at radius 2 is 2.08 bits per heavy atom. The highest BCUT2D eigenvalue weighted by Crippen LogP contribution is 2.39. The van der Waals surface area contributed by atoms with Crippen molar-refractivity contribution in [2.24, 2.45) is 0 Å². The molecule has 2 aromatic rings. The molecule has 0 aromatic heterocycles. The molecule has 0 radical (unpaired) electrons. The largest absolute Gasteiger partial charge is 0.487 e. The van der Waals surface area contributed by atoms with E-state index in [4.69, 9.17) is 4.74 Å². The number of aliphatic hydroxyl groups is 1. The molecule has 0 saturated carbocycles. The van der Waals surface area contributed by atoms with Crippen LogP contribution in [0.15, 0.2) is 48.5 Å². The van der Waals surface area contributed by atoms with Crippen molar-refractivity contribution in [1.82, 2.24) is 5.32 Å². The maximum absolute atomic E-state index is 13.8. The highest BCUT2D eigenvalue weighted by atomic mass is 19.1. The lowest BCUT2D eigenvalue weighted by molar-refractivity contribution is 0.127. The molecule has 0 fully saturated rings. The van der Waals surface area contributed by atoms with Gasteiger partial charge in [0.05, 0.1) is 24.4 Å². The third-order valence-corrected chi connectivity index (χ3v) is 4.26. The van der Waals surface area contributed by atoms with E-state index in [2.05, 4.69) is 10.2 Å². The van der Waals surface area contributed by atoms with Crippen molar-refractivity contribution >= 4 is 5.69 Å². The zero-order valence-corrected chi connectivity index (χ0v) is 13.9. The molecule has 24 heavy (non-hydrogen) atoms. The maximum Gasteiger partial charge on any atom is 0.143 e. The van der Waals surface area contributed by atoms with E-state index in [1.165, 1.54) is 12.1 Å². The summed E-state index contributed by atoms with van der Waals surface area (Å²) in [4.78, 5) is 2.11. The molecule has 3 atom stereocenters. The van der Waals surface area contributed by atoms with Crippen molar-refractivity contribution in [1.29, 1.82) is 0 Å². The van der Waals surface area contributed by atoms with Crippen molar-refractivity contribution in [3.05, 3.63) is 59.9 Å². The number of hydrogen-bond donors (Lipinski definition) is 2. The first kappa shape index (κ1) is 16.7. The van der Waals surface area contributed by atoms with Crippen LogP contribution in [0.3, 0.4) is 0 Å². The lowest BCUT2D eigenvalue weighted by atomic mass is 9.97. The molecule has 0 spiro atoms. The van der Waals surface area contributed by atoms with Gasteiger partial charge in [-0.25, -0.2) is 4.39 Å². The Hall–Kier alpha value is -2.11. The smallest absolute Gasteiger partial charge is 0.143 e. The van der Waals surface area contributed by atoms with Crippen LogP contribution in [-0.2, 0) is 0 Å². The Morgan fingerprint density at radius 3 is 2.83 bits per heavy atom. The fourth-order valence-electron chi connectivity index (χ4n) is 3.31. The second-order valence-corrected chi connectivity index (χ2v) is 6.17. The van der Waals surface area contributed by atoms with Crippen LogP contribution in [0.1, 0.15) is 18.5 Å². The summed E-state index contributed by atoms with van der Waals surface area (Å²) in [6.07, 6.45) is -0.701. The topological polar surface area (TPSA) is 44.7 Å². The average Bonchev–Trinajstić information content (AvgIpc) is 2.55. The third-order valence-electron chi connectivity index (χ3n) is 4.26. The van der Waals surface area contributed by atoms with Crippen molar-refractivity contribution in [2.75, 3.05) is 25.0 Å². The molecule has 5 heteroatoms. The van der Waals surface area contributed by atoms with Crippen LogP contribution in [0.2, 0.25) is 0 Å². The number of rotatable bonds is 5. The van der Waals surface area contributed by atoms with E-state index < -0.39 is 6.10 Å². The number of ether oxygens (including phenoxy) is 1. The first-order valence-corrected chi connectivity index (χ1v) is 8.20. The molecule has 1 aliphatic rings. The molecule has 0 saturated heterocycles. The van der Waals surface area contributed by atoms with Crippen molar-refractivity contribution in [3.63, 3.8) is 0 Å². The second kappa shape index (κ2) is 7.20. The predicted octanol–water partition coefficient (Wildman–Crippen LogP) is 2.73. The molecule has 4 nitrogen and oxygen atoms in total. The summed E-state index contributed by atoms with van der Waals surface area (Å²) in [6.45, 7) is 3.03. The third kappa shape index (κ3) is 3.37. The minimum absolute atomic E-state index is 0.0160. The predicted molar refractivity (Wildman–Crippen MR) is 93.0 cm³/mol. The van der Waals surface area contributed by atoms with Crippen molar-refractivity contribution in [3.8, 4) is 5.75 Å². The molecule has 2 aromatic carbocycles. The highest BCUT2D eigenvalue weighted by Gasteiger charge is 2.33. The van der Waals surface area contributed by atoms with Crippen LogP contribution < -0.4 is 15.0 Å². The van der Waals surface area contributed by atoms with Gasteiger partial charge in [-0.2, -0.15) is 0 Å². The Kier molecular flexibility index (Phi) is 5.02. The first-order valence-electron chi connectivity index (χ1n) is 8.20. The Balaban J connectivity index is 2.05. The van der Waals surface area contributed by atoms with E-state index in [1.54, 1.807) is 13.1 Å². The maximum atomic E-state index is 13.8. The summed E-state index contributed by atoms with van der Waals surface area (Å²) in [5, 5.41) is 13.8. The van der Waals surface area contributed by atoms with E-state index in [9.17, 15) is 9.50 Å². The van der Waals surface area contributed by atoms with Crippen LogP contribution in [0.4, 0.5) is 10.1 Å². The van der Waals surface area contributed by atoms with E-state index in [0.717, 1.165) is 17.0 Å². The average molecular weight is 330 g/mol. The van der Waals surface area contributed by atoms with Gasteiger partial charge >= 0.3 is 0 Å². The lowest BCUT2D eigenvalue weighted by Gasteiger charge is -2.42. The van der Waals surface area contributed by atoms with Crippen LogP contribution in [0.5, 0.6) is 5.75 Å². The monoisotopic (exact) mass is 330 g/mol. The van der Waals surface area contributed by atoms with Crippen LogP contribution >= 0.6 is 0 Å². The summed E-state index contributed by atoms with van der Waals surface area (Å²) in [5.41, 5.74) is 1.67. The summed E-state index contributed by atoms with van der Waals surface area (Å²) >= 11 is 0. The van der Waals surface area contributed by atoms with Crippen LogP contribution in [-0.4, -0.2) is 37.5 Å². The van der Waals surface area contributed by atoms with Gasteiger partial charge in [-0.1, -0.05) is 24.3 Å². The van der Waals surface area contributed by atoms with Crippen LogP contribution in [0.25, 0.3) is 0 Å².